The van der Waals surface area contributed by atoms with Crippen LogP contribution in [-0.2, 0) is 0 Å². The lowest BCUT2D eigenvalue weighted by atomic mass is 10.2. The summed E-state index contributed by atoms with van der Waals surface area (Å²) in [4.78, 5) is 27.4. The van der Waals surface area contributed by atoms with Crippen molar-refractivity contribution < 1.29 is 14.7 Å². The minimum absolute atomic E-state index is 0.0694. The molecule has 0 bridgehead atoms. The average molecular weight is 258 g/mol. The standard InChI is InChI=1S/C9H14N4O3S/c1-5(2)6-11-13(9(15)16)8(17-6)10-7(14)12(3)4/h5H,1-4H3,(H,15,16). The fourth-order valence-electron chi connectivity index (χ4n) is 0.908. The molecule has 0 saturated carbocycles. The molecule has 1 heterocycles. The maximum atomic E-state index is 11.4. The molecule has 0 radical (unpaired) electrons. The lowest BCUT2D eigenvalue weighted by molar-refractivity contribution is 0.191. The number of urea groups is 1. The van der Waals surface area contributed by atoms with E-state index in [1.54, 1.807) is 14.1 Å². The minimum Gasteiger partial charge on any atom is -0.463 e. The summed E-state index contributed by atoms with van der Waals surface area (Å²) in [6.45, 7) is 3.78. The number of hydrogen-bond donors (Lipinski definition) is 1. The van der Waals surface area contributed by atoms with Crippen molar-refractivity contribution in [2.24, 2.45) is 4.99 Å². The average Bonchev–Trinajstić information content (AvgIpc) is 2.61. The Kier molecular flexibility index (Phi) is 4.00. The van der Waals surface area contributed by atoms with Crippen LogP contribution in [0.1, 0.15) is 24.8 Å². The van der Waals surface area contributed by atoms with Crippen molar-refractivity contribution in [1.82, 2.24) is 14.7 Å². The number of carbonyl (C=O) groups excluding carboxylic acids is 1. The van der Waals surface area contributed by atoms with Gasteiger partial charge in [-0.2, -0.15) is 10.1 Å². The number of nitrogens with zero attached hydrogens (tertiary/aromatic N) is 4. The second-order valence-electron chi connectivity index (χ2n) is 3.86. The van der Waals surface area contributed by atoms with E-state index in [-0.39, 0.29) is 10.7 Å². The van der Waals surface area contributed by atoms with Crippen molar-refractivity contribution in [3.8, 4) is 0 Å². The molecule has 17 heavy (non-hydrogen) atoms. The summed E-state index contributed by atoms with van der Waals surface area (Å²) in [6.07, 6.45) is -1.25. The van der Waals surface area contributed by atoms with Crippen LogP contribution in [0, 0.1) is 0 Å². The summed E-state index contributed by atoms with van der Waals surface area (Å²) in [5.74, 6) is 0.0870. The zero-order valence-electron chi connectivity index (χ0n) is 10.0. The maximum Gasteiger partial charge on any atom is 0.434 e. The first kappa shape index (κ1) is 13.4. The molecule has 7 nitrogen and oxygen atoms in total. The van der Waals surface area contributed by atoms with Gasteiger partial charge in [-0.25, -0.2) is 9.59 Å². The van der Waals surface area contributed by atoms with Gasteiger partial charge in [-0.15, -0.1) is 4.68 Å². The molecule has 94 valence electrons. The van der Waals surface area contributed by atoms with Crippen LogP contribution in [0.2, 0.25) is 0 Å². The molecular formula is C9H14N4O3S. The third kappa shape index (κ3) is 3.13. The van der Waals surface area contributed by atoms with Gasteiger partial charge in [0.15, 0.2) is 0 Å². The van der Waals surface area contributed by atoms with Gasteiger partial charge in [-0.3, -0.25) is 0 Å². The Hall–Kier alpha value is -1.70. The monoisotopic (exact) mass is 258 g/mol. The van der Waals surface area contributed by atoms with Crippen molar-refractivity contribution >= 4 is 23.5 Å². The molecule has 0 spiro atoms. The zero-order valence-corrected chi connectivity index (χ0v) is 10.9. The normalized spacial score (nSPS) is 11.9. The van der Waals surface area contributed by atoms with Crippen molar-refractivity contribution in [3.63, 3.8) is 0 Å². The van der Waals surface area contributed by atoms with Crippen molar-refractivity contribution in [3.05, 3.63) is 9.81 Å². The van der Waals surface area contributed by atoms with Crippen LogP contribution < -0.4 is 4.80 Å². The Morgan fingerprint density at radius 2 is 2.06 bits per heavy atom. The quantitative estimate of drug-likeness (QED) is 0.819. The Morgan fingerprint density at radius 1 is 1.47 bits per heavy atom. The molecule has 1 aromatic rings. The van der Waals surface area contributed by atoms with Crippen molar-refractivity contribution in [2.45, 2.75) is 19.8 Å². The van der Waals surface area contributed by atoms with Crippen molar-refractivity contribution in [1.29, 1.82) is 0 Å². The SMILES string of the molecule is CC(C)c1nn(C(=O)O)c(=NC(=O)N(C)C)s1. The lowest BCUT2D eigenvalue weighted by Gasteiger charge is -2.03. The molecule has 2 amide bonds. The largest absolute Gasteiger partial charge is 0.463 e. The van der Waals surface area contributed by atoms with Crippen LogP contribution >= 0.6 is 11.3 Å². The predicted molar refractivity (Wildman–Crippen MR) is 62.3 cm³/mol. The third-order valence-electron chi connectivity index (χ3n) is 1.82. The van der Waals surface area contributed by atoms with Gasteiger partial charge in [0.05, 0.1) is 0 Å². The van der Waals surface area contributed by atoms with E-state index < -0.39 is 12.1 Å². The molecule has 8 heteroatoms. The summed E-state index contributed by atoms with van der Waals surface area (Å²) < 4.78 is 0.724. The van der Waals surface area contributed by atoms with E-state index in [1.165, 1.54) is 4.90 Å². The number of aromatic nitrogens is 2. The molecule has 0 unspecified atom stereocenters. The van der Waals surface area contributed by atoms with E-state index in [0.717, 1.165) is 16.0 Å². The van der Waals surface area contributed by atoms with E-state index in [1.807, 2.05) is 13.8 Å². The summed E-state index contributed by atoms with van der Waals surface area (Å²) in [5, 5.41) is 13.5. The zero-order chi connectivity index (χ0) is 13.2. The van der Waals surface area contributed by atoms with E-state index >= 15 is 0 Å². The smallest absolute Gasteiger partial charge is 0.434 e. The van der Waals surface area contributed by atoms with Gasteiger partial charge in [0, 0.05) is 20.0 Å². The van der Waals surface area contributed by atoms with Gasteiger partial charge in [0.1, 0.15) is 5.01 Å². The maximum absolute atomic E-state index is 11.4. The highest BCUT2D eigenvalue weighted by Crippen LogP contribution is 2.13. The van der Waals surface area contributed by atoms with E-state index in [0.29, 0.717) is 5.01 Å². The first-order valence-corrected chi connectivity index (χ1v) is 5.74. The molecule has 1 N–H and O–H groups in total. The third-order valence-corrected chi connectivity index (χ3v) is 3.03. The van der Waals surface area contributed by atoms with Crippen LogP contribution in [0.25, 0.3) is 0 Å². The fourth-order valence-corrected chi connectivity index (χ4v) is 1.78. The number of carboxylic acid groups (broad SMARTS) is 1. The molecule has 1 rings (SSSR count). The fraction of sp³-hybridized carbons (Fsp3) is 0.556. The Labute approximate surface area is 102 Å². The highest BCUT2D eigenvalue weighted by Gasteiger charge is 2.14. The Balaban J connectivity index is 3.31. The molecule has 0 atom stereocenters. The van der Waals surface area contributed by atoms with Crippen LogP contribution in [0.4, 0.5) is 9.59 Å². The highest BCUT2D eigenvalue weighted by molar-refractivity contribution is 7.09. The second-order valence-corrected chi connectivity index (χ2v) is 4.85. The number of amides is 2. The molecular weight excluding hydrogens is 244 g/mol. The molecule has 0 aliphatic heterocycles. The summed E-state index contributed by atoms with van der Waals surface area (Å²) in [7, 11) is 3.09. The first-order valence-electron chi connectivity index (χ1n) is 4.92. The van der Waals surface area contributed by atoms with Crippen LogP contribution in [0.3, 0.4) is 0 Å². The summed E-state index contributed by atoms with van der Waals surface area (Å²) >= 11 is 1.10. The second kappa shape index (κ2) is 5.09. The van der Waals surface area contributed by atoms with Gasteiger partial charge in [0.2, 0.25) is 4.80 Å². The molecule has 0 aromatic carbocycles. The predicted octanol–water partition coefficient (Wildman–Crippen LogP) is 1.18. The van der Waals surface area contributed by atoms with E-state index in [4.69, 9.17) is 5.11 Å². The molecule has 0 fully saturated rings. The number of carbonyl (C=O) groups is 2. The molecule has 0 saturated heterocycles. The molecule has 0 aliphatic carbocycles. The number of hydrogen-bond acceptors (Lipinski definition) is 4. The number of rotatable bonds is 1. The van der Waals surface area contributed by atoms with E-state index in [2.05, 4.69) is 10.1 Å². The topological polar surface area (TPSA) is 87.8 Å². The van der Waals surface area contributed by atoms with Crippen molar-refractivity contribution in [2.75, 3.05) is 14.1 Å². The van der Waals surface area contributed by atoms with Gasteiger partial charge in [0.25, 0.3) is 0 Å². The Bertz CT molecular complexity index is 501. The van der Waals surface area contributed by atoms with Crippen LogP contribution in [-0.4, -0.2) is 46.0 Å². The van der Waals surface area contributed by atoms with Gasteiger partial charge < -0.3 is 10.0 Å². The van der Waals surface area contributed by atoms with Crippen LogP contribution in [0.5, 0.6) is 0 Å². The summed E-state index contributed by atoms with van der Waals surface area (Å²) in [6, 6.07) is -0.515. The van der Waals surface area contributed by atoms with Gasteiger partial charge >= 0.3 is 12.1 Å². The van der Waals surface area contributed by atoms with Gasteiger partial charge in [-0.1, -0.05) is 25.2 Å². The molecule has 1 aromatic heterocycles. The van der Waals surface area contributed by atoms with E-state index in [9.17, 15) is 9.59 Å². The summed E-state index contributed by atoms with van der Waals surface area (Å²) in [5.41, 5.74) is 0. The Morgan fingerprint density at radius 3 is 2.47 bits per heavy atom. The van der Waals surface area contributed by atoms with Crippen LogP contribution in [0.15, 0.2) is 4.99 Å². The van der Waals surface area contributed by atoms with Gasteiger partial charge in [-0.05, 0) is 0 Å². The first-order chi connectivity index (χ1) is 7.82. The highest BCUT2D eigenvalue weighted by atomic mass is 32.1. The molecule has 0 aliphatic rings. The lowest BCUT2D eigenvalue weighted by Crippen LogP contribution is -2.27. The minimum atomic E-state index is -1.25.